The minimum Gasteiger partial charge on any atom is -0.466 e. The monoisotopic (exact) mass is 345 g/mol. The number of fused-ring (bicyclic) bond motifs is 1. The van der Waals surface area contributed by atoms with Gasteiger partial charge in [0.2, 0.25) is 0 Å². The molecule has 0 saturated carbocycles. The van der Waals surface area contributed by atoms with Gasteiger partial charge in [0.25, 0.3) is 11.1 Å². The number of hydrogen-bond acceptors (Lipinski definition) is 6. The molecular formula is C17H15NO5S. The van der Waals surface area contributed by atoms with Crippen LogP contribution in [0.5, 0.6) is 0 Å². The van der Waals surface area contributed by atoms with Crippen molar-refractivity contribution >= 4 is 45.9 Å². The Hall–Kier alpha value is -2.54. The second kappa shape index (κ2) is 6.52. The van der Waals surface area contributed by atoms with Crippen LogP contribution in [0.25, 0.3) is 17.0 Å². The van der Waals surface area contributed by atoms with E-state index < -0.39 is 11.8 Å². The van der Waals surface area contributed by atoms with Crippen molar-refractivity contribution in [3.05, 3.63) is 40.5 Å². The zero-order chi connectivity index (χ0) is 17.3. The van der Waals surface area contributed by atoms with Crippen LogP contribution in [-0.2, 0) is 14.3 Å². The summed E-state index contributed by atoms with van der Waals surface area (Å²) >= 11 is 0.862. The van der Waals surface area contributed by atoms with E-state index in [0.717, 1.165) is 28.3 Å². The molecule has 2 aromatic rings. The van der Waals surface area contributed by atoms with Gasteiger partial charge in [-0.3, -0.25) is 19.7 Å². The van der Waals surface area contributed by atoms with Crippen LogP contribution in [-0.4, -0.2) is 23.7 Å². The van der Waals surface area contributed by atoms with Gasteiger partial charge >= 0.3 is 5.97 Å². The Morgan fingerprint density at radius 1 is 1.42 bits per heavy atom. The van der Waals surface area contributed by atoms with Crippen molar-refractivity contribution in [2.24, 2.45) is 0 Å². The molecule has 1 aliphatic heterocycles. The number of hydrogen-bond donors (Lipinski definition) is 1. The van der Waals surface area contributed by atoms with Gasteiger partial charge in [0, 0.05) is 10.9 Å². The van der Waals surface area contributed by atoms with Crippen LogP contribution < -0.4 is 5.32 Å². The van der Waals surface area contributed by atoms with Gasteiger partial charge in [-0.05, 0) is 49.4 Å². The molecule has 1 atom stereocenters. The fraction of sp³-hybridized carbons (Fsp3) is 0.235. The lowest BCUT2D eigenvalue weighted by molar-refractivity contribution is -0.144. The maximum Gasteiger partial charge on any atom is 0.313 e. The predicted molar refractivity (Wildman–Crippen MR) is 90.4 cm³/mol. The van der Waals surface area contributed by atoms with Gasteiger partial charge in [-0.15, -0.1) is 0 Å². The van der Waals surface area contributed by atoms with E-state index in [9.17, 15) is 14.4 Å². The molecule has 6 nitrogen and oxygen atoms in total. The van der Waals surface area contributed by atoms with Gasteiger partial charge in [0.15, 0.2) is 0 Å². The summed E-state index contributed by atoms with van der Waals surface area (Å²) in [6.07, 6.45) is 3.18. The van der Waals surface area contributed by atoms with E-state index >= 15 is 0 Å². The van der Waals surface area contributed by atoms with Crippen molar-refractivity contribution in [2.45, 2.75) is 19.8 Å². The molecule has 1 aromatic heterocycles. The highest BCUT2D eigenvalue weighted by Crippen LogP contribution is 2.31. The van der Waals surface area contributed by atoms with Crippen molar-refractivity contribution in [3.8, 4) is 0 Å². The lowest BCUT2D eigenvalue weighted by atomic mass is 9.99. The predicted octanol–water partition coefficient (Wildman–Crippen LogP) is 3.42. The average Bonchev–Trinajstić information content (AvgIpc) is 3.09. The third-order valence-electron chi connectivity index (χ3n) is 3.67. The first-order valence-corrected chi connectivity index (χ1v) is 8.24. The molecule has 7 heteroatoms. The number of nitrogens with one attached hydrogen (secondary N) is 1. The highest BCUT2D eigenvalue weighted by Gasteiger charge is 2.25. The topological polar surface area (TPSA) is 85.6 Å². The lowest BCUT2D eigenvalue weighted by Gasteiger charge is -2.08. The summed E-state index contributed by atoms with van der Waals surface area (Å²) in [6.45, 7) is 3.83. The fourth-order valence-electron chi connectivity index (χ4n) is 2.46. The number of rotatable bonds is 4. The first-order valence-electron chi connectivity index (χ1n) is 7.42. The molecule has 2 amide bonds. The Labute approximate surface area is 142 Å². The minimum atomic E-state index is -0.458. The average molecular weight is 345 g/mol. The summed E-state index contributed by atoms with van der Waals surface area (Å²) in [5, 5.41) is 2.61. The Morgan fingerprint density at radius 2 is 2.21 bits per heavy atom. The number of carbonyl (C=O) groups excluding carboxylic acids is 3. The Balaban J connectivity index is 1.97. The molecule has 1 fully saturated rings. The third-order valence-corrected chi connectivity index (χ3v) is 4.48. The molecule has 1 N–H and O–H groups in total. The summed E-state index contributed by atoms with van der Waals surface area (Å²) < 4.78 is 10.5. The smallest absolute Gasteiger partial charge is 0.313 e. The largest absolute Gasteiger partial charge is 0.466 e. The summed E-state index contributed by atoms with van der Waals surface area (Å²) in [7, 11) is 0. The van der Waals surface area contributed by atoms with Gasteiger partial charge in [0.05, 0.1) is 23.7 Å². The summed E-state index contributed by atoms with van der Waals surface area (Å²) in [4.78, 5) is 35.2. The lowest BCUT2D eigenvalue weighted by Crippen LogP contribution is -2.17. The van der Waals surface area contributed by atoms with E-state index in [1.807, 2.05) is 6.07 Å². The zero-order valence-corrected chi connectivity index (χ0v) is 13.9. The van der Waals surface area contributed by atoms with Gasteiger partial charge in [-0.1, -0.05) is 6.07 Å². The number of carbonyl (C=O) groups is 3. The highest BCUT2D eigenvalue weighted by molar-refractivity contribution is 8.18. The van der Waals surface area contributed by atoms with Crippen LogP contribution in [0.1, 0.15) is 30.9 Å². The second-order valence-electron chi connectivity index (χ2n) is 5.27. The number of amides is 2. The first kappa shape index (κ1) is 16.3. The standard InChI is InChI=1S/C17H15NO5S/c1-3-22-16(20)9(2)12-8-23-13-5-4-10(6-11(12)13)7-14-15(19)18-17(21)24-14/h4-9H,3H2,1-2H3,(H,18,19,21). The van der Waals surface area contributed by atoms with Crippen LogP contribution in [0, 0.1) is 0 Å². The summed E-state index contributed by atoms with van der Waals surface area (Å²) in [5.41, 5.74) is 2.11. The number of ether oxygens (including phenoxy) is 1. The minimum absolute atomic E-state index is 0.316. The van der Waals surface area contributed by atoms with Gasteiger partial charge in [0.1, 0.15) is 5.58 Å². The van der Waals surface area contributed by atoms with E-state index in [-0.39, 0.29) is 11.2 Å². The molecule has 3 rings (SSSR count). The molecule has 124 valence electrons. The maximum absolute atomic E-state index is 12.0. The third kappa shape index (κ3) is 3.07. The number of furan rings is 1. The number of imide groups is 1. The molecule has 1 unspecified atom stereocenters. The Bertz CT molecular complexity index is 867. The molecule has 1 saturated heterocycles. The first-order chi connectivity index (χ1) is 11.5. The van der Waals surface area contributed by atoms with Crippen LogP contribution in [0.15, 0.2) is 33.8 Å². The molecule has 0 radical (unpaired) electrons. The van der Waals surface area contributed by atoms with Crippen molar-refractivity contribution in [1.29, 1.82) is 0 Å². The van der Waals surface area contributed by atoms with E-state index in [4.69, 9.17) is 9.15 Å². The fourth-order valence-corrected chi connectivity index (χ4v) is 3.14. The molecule has 0 spiro atoms. The van der Waals surface area contributed by atoms with Crippen molar-refractivity contribution < 1.29 is 23.5 Å². The van der Waals surface area contributed by atoms with Crippen molar-refractivity contribution in [3.63, 3.8) is 0 Å². The van der Waals surface area contributed by atoms with Crippen molar-refractivity contribution in [1.82, 2.24) is 5.32 Å². The number of benzene rings is 1. The number of esters is 1. The molecule has 24 heavy (non-hydrogen) atoms. The molecule has 1 aromatic carbocycles. The SMILES string of the molecule is CCOC(=O)C(C)c1coc2ccc(C=C3SC(=O)NC3=O)cc12. The Morgan fingerprint density at radius 3 is 2.88 bits per heavy atom. The second-order valence-corrected chi connectivity index (χ2v) is 6.29. The van der Waals surface area contributed by atoms with Gasteiger partial charge in [-0.25, -0.2) is 0 Å². The van der Waals surface area contributed by atoms with E-state index in [2.05, 4.69) is 5.32 Å². The van der Waals surface area contributed by atoms with Crippen LogP contribution in [0.4, 0.5) is 4.79 Å². The Kier molecular flexibility index (Phi) is 4.44. The van der Waals surface area contributed by atoms with Gasteiger partial charge in [-0.2, -0.15) is 0 Å². The van der Waals surface area contributed by atoms with E-state index in [1.54, 1.807) is 38.3 Å². The maximum atomic E-state index is 12.0. The van der Waals surface area contributed by atoms with Crippen LogP contribution in [0.3, 0.4) is 0 Å². The molecule has 1 aliphatic rings. The van der Waals surface area contributed by atoms with E-state index in [0.29, 0.717) is 17.1 Å². The van der Waals surface area contributed by atoms with E-state index in [1.165, 1.54) is 0 Å². The molecule has 0 bridgehead atoms. The number of thioether (sulfide) groups is 1. The molecular weight excluding hydrogens is 330 g/mol. The van der Waals surface area contributed by atoms with Crippen LogP contribution >= 0.6 is 11.8 Å². The summed E-state index contributed by atoms with van der Waals surface area (Å²) in [6, 6.07) is 5.38. The molecule has 2 heterocycles. The zero-order valence-electron chi connectivity index (χ0n) is 13.1. The molecule has 0 aliphatic carbocycles. The van der Waals surface area contributed by atoms with Gasteiger partial charge < -0.3 is 9.15 Å². The quantitative estimate of drug-likeness (QED) is 0.675. The highest BCUT2D eigenvalue weighted by atomic mass is 32.2. The summed E-state index contributed by atoms with van der Waals surface area (Å²) in [5.74, 6) is -1.18. The normalized spacial score (nSPS) is 17.3. The van der Waals surface area contributed by atoms with Crippen LogP contribution in [0.2, 0.25) is 0 Å². The van der Waals surface area contributed by atoms with Crippen molar-refractivity contribution in [2.75, 3.05) is 6.61 Å².